The van der Waals surface area contributed by atoms with Gasteiger partial charge in [0.2, 0.25) is 0 Å². The Hall–Kier alpha value is -1.55. The van der Waals surface area contributed by atoms with Crippen LogP contribution in [0.1, 0.15) is 36.8 Å². The monoisotopic (exact) mass is 328 g/mol. The van der Waals surface area contributed by atoms with E-state index in [-0.39, 0.29) is 0 Å². The second-order valence-electron chi connectivity index (χ2n) is 7.67. The van der Waals surface area contributed by atoms with Gasteiger partial charge in [0.25, 0.3) is 0 Å². The van der Waals surface area contributed by atoms with Crippen LogP contribution in [0.25, 0.3) is 0 Å². The van der Waals surface area contributed by atoms with Crippen LogP contribution < -0.4 is 5.32 Å². The minimum absolute atomic E-state index is 0.847. The molecule has 24 heavy (non-hydrogen) atoms. The van der Waals surface area contributed by atoms with Gasteiger partial charge >= 0.3 is 0 Å². The number of likely N-dealkylation sites (tertiary alicyclic amines) is 1. The Morgan fingerprint density at radius 2 is 1.83 bits per heavy atom. The molecule has 1 aliphatic heterocycles. The lowest BCUT2D eigenvalue weighted by molar-refractivity contribution is 0.299. The number of fused-ring (bicyclic) bond motifs is 1. The molecule has 132 valence electrons. The van der Waals surface area contributed by atoms with Crippen LogP contribution in [-0.4, -0.2) is 50.0 Å². The first kappa shape index (κ1) is 17.3. The maximum atomic E-state index is 4.54. The summed E-state index contributed by atoms with van der Waals surface area (Å²) in [6.07, 6.45) is 5.65. The summed E-state index contributed by atoms with van der Waals surface area (Å²) < 4.78 is 0. The predicted molar refractivity (Wildman–Crippen MR) is 101 cm³/mol. The van der Waals surface area contributed by atoms with Crippen molar-refractivity contribution in [2.45, 2.75) is 38.8 Å². The van der Waals surface area contributed by atoms with Gasteiger partial charge in [-0.2, -0.15) is 0 Å². The molecule has 1 aromatic rings. The SMILES string of the molecule is CN=C(NCc1cccc(CN(C)C)c1)N1CC2CCCCC2C1. The molecule has 0 spiro atoms. The molecule has 0 bridgehead atoms. The maximum absolute atomic E-state index is 4.54. The smallest absolute Gasteiger partial charge is 0.193 e. The van der Waals surface area contributed by atoms with Gasteiger partial charge in [0, 0.05) is 33.2 Å². The second-order valence-corrected chi connectivity index (χ2v) is 7.67. The van der Waals surface area contributed by atoms with Gasteiger partial charge < -0.3 is 15.1 Å². The van der Waals surface area contributed by atoms with Gasteiger partial charge in [-0.1, -0.05) is 37.1 Å². The molecular weight excluding hydrogens is 296 g/mol. The van der Waals surface area contributed by atoms with E-state index in [9.17, 15) is 0 Å². The summed E-state index contributed by atoms with van der Waals surface area (Å²) in [7, 11) is 6.13. The molecule has 0 aromatic heterocycles. The zero-order valence-corrected chi connectivity index (χ0v) is 15.5. The van der Waals surface area contributed by atoms with Crippen molar-refractivity contribution in [3.05, 3.63) is 35.4 Å². The van der Waals surface area contributed by atoms with Gasteiger partial charge in [0.15, 0.2) is 5.96 Å². The van der Waals surface area contributed by atoms with Crippen LogP contribution in [0.15, 0.2) is 29.3 Å². The van der Waals surface area contributed by atoms with E-state index in [0.717, 1.165) is 30.9 Å². The van der Waals surface area contributed by atoms with E-state index in [0.29, 0.717) is 0 Å². The first-order chi connectivity index (χ1) is 11.7. The summed E-state index contributed by atoms with van der Waals surface area (Å²) in [6, 6.07) is 8.85. The summed E-state index contributed by atoms with van der Waals surface area (Å²) in [5.74, 6) is 2.85. The van der Waals surface area contributed by atoms with Crippen molar-refractivity contribution in [1.82, 2.24) is 15.1 Å². The Morgan fingerprint density at radius 1 is 1.17 bits per heavy atom. The predicted octanol–water partition coefficient (Wildman–Crippen LogP) is 2.95. The number of benzene rings is 1. The molecule has 4 heteroatoms. The molecule has 2 unspecified atom stereocenters. The molecule has 1 N–H and O–H groups in total. The fourth-order valence-electron chi connectivity index (χ4n) is 4.30. The summed E-state index contributed by atoms with van der Waals surface area (Å²) in [5.41, 5.74) is 2.69. The van der Waals surface area contributed by atoms with Crippen LogP contribution >= 0.6 is 0 Å². The van der Waals surface area contributed by atoms with E-state index >= 15 is 0 Å². The molecule has 2 aliphatic rings. The lowest BCUT2D eigenvalue weighted by Gasteiger charge is -2.22. The minimum atomic E-state index is 0.847. The number of nitrogens with one attached hydrogen (secondary N) is 1. The number of hydrogen-bond acceptors (Lipinski definition) is 2. The second kappa shape index (κ2) is 8.02. The number of nitrogens with zero attached hydrogens (tertiary/aromatic N) is 3. The van der Waals surface area contributed by atoms with Gasteiger partial charge in [0.05, 0.1) is 0 Å². The van der Waals surface area contributed by atoms with Gasteiger partial charge in [-0.3, -0.25) is 4.99 Å². The van der Waals surface area contributed by atoms with Crippen LogP contribution in [0.2, 0.25) is 0 Å². The zero-order valence-electron chi connectivity index (χ0n) is 15.5. The van der Waals surface area contributed by atoms with Crippen molar-refractivity contribution in [2.75, 3.05) is 34.2 Å². The van der Waals surface area contributed by atoms with Crippen molar-refractivity contribution in [3.8, 4) is 0 Å². The fraction of sp³-hybridized carbons (Fsp3) is 0.650. The Morgan fingerprint density at radius 3 is 2.46 bits per heavy atom. The minimum Gasteiger partial charge on any atom is -0.352 e. The van der Waals surface area contributed by atoms with Gasteiger partial charge in [0.1, 0.15) is 0 Å². The Labute approximate surface area is 146 Å². The molecule has 4 nitrogen and oxygen atoms in total. The number of aliphatic imine (C=N–C) groups is 1. The third-order valence-electron chi connectivity index (χ3n) is 5.43. The summed E-state index contributed by atoms with van der Waals surface area (Å²) in [5, 5.41) is 3.58. The molecule has 1 saturated heterocycles. The van der Waals surface area contributed by atoms with Crippen molar-refractivity contribution < 1.29 is 0 Å². The van der Waals surface area contributed by atoms with E-state index in [1.807, 2.05) is 7.05 Å². The van der Waals surface area contributed by atoms with Gasteiger partial charge in [-0.05, 0) is 49.9 Å². The van der Waals surface area contributed by atoms with Crippen LogP contribution in [0.5, 0.6) is 0 Å². The molecule has 1 saturated carbocycles. The van der Waals surface area contributed by atoms with Gasteiger partial charge in [-0.15, -0.1) is 0 Å². The average molecular weight is 329 g/mol. The molecule has 2 fully saturated rings. The van der Waals surface area contributed by atoms with Crippen LogP contribution in [0.3, 0.4) is 0 Å². The van der Waals surface area contributed by atoms with Crippen molar-refractivity contribution in [2.24, 2.45) is 16.8 Å². The van der Waals surface area contributed by atoms with Crippen molar-refractivity contribution in [1.29, 1.82) is 0 Å². The Balaban J connectivity index is 1.57. The van der Waals surface area contributed by atoms with Gasteiger partial charge in [-0.25, -0.2) is 0 Å². The van der Waals surface area contributed by atoms with E-state index in [1.54, 1.807) is 0 Å². The molecule has 1 aliphatic carbocycles. The quantitative estimate of drug-likeness (QED) is 0.681. The van der Waals surface area contributed by atoms with Crippen molar-refractivity contribution >= 4 is 5.96 Å². The van der Waals surface area contributed by atoms with E-state index in [1.165, 1.54) is 49.9 Å². The normalized spacial score (nSPS) is 24.3. The standard InChI is InChI=1S/C20H32N4/c1-21-20(24-14-18-9-4-5-10-19(18)15-24)22-12-16-7-6-8-17(11-16)13-23(2)3/h6-8,11,18-19H,4-5,9-10,12-15H2,1-3H3,(H,21,22). The lowest BCUT2D eigenvalue weighted by atomic mass is 9.82. The molecule has 0 amide bonds. The van der Waals surface area contributed by atoms with Crippen LogP contribution in [-0.2, 0) is 13.1 Å². The van der Waals surface area contributed by atoms with E-state index < -0.39 is 0 Å². The molecule has 3 rings (SSSR count). The first-order valence-electron chi connectivity index (χ1n) is 9.34. The highest BCUT2D eigenvalue weighted by Gasteiger charge is 2.35. The maximum Gasteiger partial charge on any atom is 0.193 e. The summed E-state index contributed by atoms with van der Waals surface area (Å²) in [6.45, 7) is 4.20. The average Bonchev–Trinajstić information content (AvgIpc) is 2.99. The highest BCUT2D eigenvalue weighted by atomic mass is 15.3. The molecule has 1 heterocycles. The van der Waals surface area contributed by atoms with E-state index in [4.69, 9.17) is 0 Å². The third kappa shape index (κ3) is 4.29. The Bertz CT molecular complexity index is 553. The highest BCUT2D eigenvalue weighted by Crippen LogP contribution is 2.35. The zero-order chi connectivity index (χ0) is 16.9. The molecular formula is C20H32N4. The number of guanidine groups is 1. The van der Waals surface area contributed by atoms with Crippen molar-refractivity contribution in [3.63, 3.8) is 0 Å². The molecule has 0 radical (unpaired) electrons. The van der Waals surface area contributed by atoms with Crippen LogP contribution in [0.4, 0.5) is 0 Å². The molecule has 2 atom stereocenters. The number of rotatable bonds is 4. The number of hydrogen-bond donors (Lipinski definition) is 1. The van der Waals surface area contributed by atoms with E-state index in [2.05, 4.69) is 58.5 Å². The third-order valence-corrected chi connectivity index (χ3v) is 5.43. The topological polar surface area (TPSA) is 30.9 Å². The van der Waals surface area contributed by atoms with Crippen LogP contribution in [0, 0.1) is 11.8 Å². The summed E-state index contributed by atoms with van der Waals surface area (Å²) in [4.78, 5) is 9.22. The summed E-state index contributed by atoms with van der Waals surface area (Å²) >= 11 is 0. The Kier molecular flexibility index (Phi) is 5.77. The fourth-order valence-corrected chi connectivity index (χ4v) is 4.30. The largest absolute Gasteiger partial charge is 0.352 e. The lowest BCUT2D eigenvalue weighted by Crippen LogP contribution is -2.39. The first-order valence-corrected chi connectivity index (χ1v) is 9.34. The highest BCUT2D eigenvalue weighted by molar-refractivity contribution is 5.80. The molecule has 1 aromatic carbocycles.